The molecule has 1 nitrogen and oxygen atoms in total. The predicted molar refractivity (Wildman–Crippen MR) is 68.2 cm³/mol. The van der Waals surface area contributed by atoms with E-state index in [2.05, 4.69) is 43.8 Å². The van der Waals surface area contributed by atoms with Crippen LogP contribution < -0.4 is 10.6 Å². The summed E-state index contributed by atoms with van der Waals surface area (Å²) in [5.74, 6) is 0. The molecule has 0 N–H and O–H groups in total. The van der Waals surface area contributed by atoms with Crippen molar-refractivity contribution in [3.05, 3.63) is 35.0 Å². The smallest absolute Gasteiger partial charge is 0.0476 e. The lowest BCUT2D eigenvalue weighted by molar-refractivity contribution is 0.621. The molecule has 0 spiro atoms. The zero-order valence-corrected chi connectivity index (χ0v) is 9.92. The van der Waals surface area contributed by atoms with Gasteiger partial charge in [0.2, 0.25) is 0 Å². The molecular formula is C14H21N. The van der Waals surface area contributed by atoms with E-state index in [1.165, 1.54) is 23.8 Å². The number of nitrogens with zero attached hydrogens (tertiary/aromatic N) is 1. The average molecular weight is 203 g/mol. The minimum absolute atomic E-state index is 1.05. The van der Waals surface area contributed by atoms with E-state index in [1.54, 1.807) is 0 Å². The zero-order valence-electron chi connectivity index (χ0n) is 9.92. The quantitative estimate of drug-likeness (QED) is 0.691. The lowest BCUT2D eigenvalue weighted by Gasteiger charge is -2.01. The molecule has 0 atom stereocenters. The van der Waals surface area contributed by atoms with Crippen LogP contribution in [0, 0.1) is 0 Å². The number of unbranched alkanes of at least 4 members (excludes halogenated alkanes) is 1. The highest BCUT2D eigenvalue weighted by Gasteiger charge is 2.00. The number of aromatic nitrogens is 1. The molecule has 0 saturated carbocycles. The Morgan fingerprint density at radius 1 is 1.40 bits per heavy atom. The molecule has 1 rings (SSSR count). The third-order valence-electron chi connectivity index (χ3n) is 2.73. The molecule has 0 aliphatic carbocycles. The first-order valence-electron chi connectivity index (χ1n) is 5.74. The Labute approximate surface area is 92.4 Å². The Kier molecular flexibility index (Phi) is 4.41. The minimum atomic E-state index is 1.05. The fraction of sp³-hybridized carbons (Fsp3) is 0.429. The highest BCUT2D eigenvalue weighted by molar-refractivity contribution is 5.36. The van der Waals surface area contributed by atoms with E-state index in [0.717, 1.165) is 18.2 Å². The van der Waals surface area contributed by atoms with Crippen LogP contribution in [0.1, 0.15) is 32.3 Å². The van der Waals surface area contributed by atoms with Crippen LogP contribution in [-0.4, -0.2) is 4.57 Å². The van der Waals surface area contributed by atoms with Gasteiger partial charge in [-0.2, -0.15) is 0 Å². The summed E-state index contributed by atoms with van der Waals surface area (Å²) in [5.41, 5.74) is 1.35. The second-order valence-corrected chi connectivity index (χ2v) is 3.82. The Hall–Kier alpha value is -1.24. The van der Waals surface area contributed by atoms with E-state index >= 15 is 0 Å². The molecule has 0 aliphatic rings. The maximum absolute atomic E-state index is 4.14. The predicted octanol–water partition coefficient (Wildman–Crippen LogP) is 2.23. The molecule has 0 bridgehead atoms. The molecule has 0 fully saturated rings. The highest BCUT2D eigenvalue weighted by atomic mass is 14.9. The van der Waals surface area contributed by atoms with Crippen LogP contribution in [-0.2, 0) is 13.0 Å². The van der Waals surface area contributed by atoms with Crippen LogP contribution in [0.5, 0.6) is 0 Å². The second kappa shape index (κ2) is 5.59. The molecule has 15 heavy (non-hydrogen) atoms. The van der Waals surface area contributed by atoms with Crippen molar-refractivity contribution in [2.45, 2.75) is 39.7 Å². The molecule has 0 radical (unpaired) electrons. The molecule has 0 unspecified atom stereocenters. The monoisotopic (exact) mass is 203 g/mol. The zero-order chi connectivity index (χ0) is 11.3. The topological polar surface area (TPSA) is 4.93 Å². The van der Waals surface area contributed by atoms with Crippen LogP contribution in [0.15, 0.2) is 18.9 Å². The Morgan fingerprint density at radius 3 is 2.67 bits per heavy atom. The van der Waals surface area contributed by atoms with Gasteiger partial charge in [0.1, 0.15) is 0 Å². The molecule has 0 aliphatic heterocycles. The lowest BCUT2D eigenvalue weighted by Crippen LogP contribution is -2.29. The molecule has 82 valence electrons. The SMILES string of the molecule is C=C/C=c1\c(=C)c(CC)cn1CCCC. The molecule has 1 aromatic heterocycles. The summed E-state index contributed by atoms with van der Waals surface area (Å²) in [6.07, 6.45) is 9.61. The summed E-state index contributed by atoms with van der Waals surface area (Å²) >= 11 is 0. The number of rotatable bonds is 5. The van der Waals surface area contributed by atoms with Crippen molar-refractivity contribution in [3.8, 4) is 0 Å². The third-order valence-corrected chi connectivity index (χ3v) is 2.73. The maximum atomic E-state index is 4.14. The molecule has 1 aromatic rings. The summed E-state index contributed by atoms with van der Waals surface area (Å²) in [7, 11) is 0. The van der Waals surface area contributed by atoms with Gasteiger partial charge >= 0.3 is 0 Å². The number of allylic oxidation sites excluding steroid dienone is 1. The van der Waals surface area contributed by atoms with Gasteiger partial charge in [-0.1, -0.05) is 39.5 Å². The van der Waals surface area contributed by atoms with Crippen LogP contribution >= 0.6 is 0 Å². The van der Waals surface area contributed by atoms with E-state index in [0.29, 0.717) is 0 Å². The summed E-state index contributed by atoms with van der Waals surface area (Å²) in [5, 5.41) is 2.38. The lowest BCUT2D eigenvalue weighted by atomic mass is 10.2. The van der Waals surface area contributed by atoms with Gasteiger partial charge in [0, 0.05) is 18.1 Å². The average Bonchev–Trinajstić information content (AvgIpc) is 2.54. The van der Waals surface area contributed by atoms with E-state index in [4.69, 9.17) is 0 Å². The van der Waals surface area contributed by atoms with E-state index in [-0.39, 0.29) is 0 Å². The van der Waals surface area contributed by atoms with Gasteiger partial charge in [0.05, 0.1) is 0 Å². The van der Waals surface area contributed by atoms with Gasteiger partial charge < -0.3 is 4.57 Å². The van der Waals surface area contributed by atoms with Crippen LogP contribution in [0.3, 0.4) is 0 Å². The Bertz CT molecular complexity index is 423. The van der Waals surface area contributed by atoms with Gasteiger partial charge in [-0.05, 0) is 29.7 Å². The molecule has 0 aromatic carbocycles. The maximum Gasteiger partial charge on any atom is 0.0476 e. The first-order valence-corrected chi connectivity index (χ1v) is 5.74. The Balaban J connectivity index is 3.19. The standard InChI is InChI=1S/C14H21N/c1-5-8-10-15-11-13(7-3)12(4)14(15)9-6-2/h6,9,11H,2,4-5,7-8,10H2,1,3H3/b14-9+. The summed E-state index contributed by atoms with van der Waals surface area (Å²) in [4.78, 5) is 0. The molecule has 1 heterocycles. The minimum Gasteiger partial charge on any atom is -0.347 e. The highest BCUT2D eigenvalue weighted by Crippen LogP contribution is 1.95. The van der Waals surface area contributed by atoms with Gasteiger partial charge in [-0.25, -0.2) is 0 Å². The molecular weight excluding hydrogens is 182 g/mol. The fourth-order valence-corrected chi connectivity index (χ4v) is 1.80. The number of hydrogen-bond acceptors (Lipinski definition) is 0. The first-order chi connectivity index (χ1) is 7.24. The summed E-state index contributed by atoms with van der Waals surface area (Å²) in [6.45, 7) is 13.4. The summed E-state index contributed by atoms with van der Waals surface area (Å²) in [6, 6.07) is 0. The number of hydrogen-bond donors (Lipinski definition) is 0. The van der Waals surface area contributed by atoms with Crippen molar-refractivity contribution < 1.29 is 0 Å². The van der Waals surface area contributed by atoms with Gasteiger partial charge in [-0.3, -0.25) is 0 Å². The van der Waals surface area contributed by atoms with Crippen molar-refractivity contribution in [2.75, 3.05) is 0 Å². The first kappa shape index (κ1) is 11.8. The third kappa shape index (κ3) is 2.62. The van der Waals surface area contributed by atoms with Crippen molar-refractivity contribution >= 4 is 12.7 Å². The van der Waals surface area contributed by atoms with Gasteiger partial charge in [0.15, 0.2) is 0 Å². The normalized spacial score (nSPS) is 12.0. The van der Waals surface area contributed by atoms with E-state index < -0.39 is 0 Å². The van der Waals surface area contributed by atoms with E-state index in [9.17, 15) is 0 Å². The van der Waals surface area contributed by atoms with Crippen LogP contribution in [0.25, 0.3) is 12.7 Å². The largest absolute Gasteiger partial charge is 0.347 e. The molecule has 0 saturated heterocycles. The van der Waals surface area contributed by atoms with Crippen LogP contribution in [0.2, 0.25) is 0 Å². The van der Waals surface area contributed by atoms with Crippen molar-refractivity contribution in [2.24, 2.45) is 0 Å². The number of aryl methyl sites for hydroxylation is 2. The fourth-order valence-electron chi connectivity index (χ4n) is 1.80. The van der Waals surface area contributed by atoms with Gasteiger partial charge in [0.25, 0.3) is 0 Å². The van der Waals surface area contributed by atoms with E-state index in [1.807, 2.05) is 6.08 Å². The Morgan fingerprint density at radius 2 is 2.13 bits per heavy atom. The van der Waals surface area contributed by atoms with Crippen molar-refractivity contribution in [3.63, 3.8) is 0 Å². The molecule has 0 amide bonds. The van der Waals surface area contributed by atoms with Crippen LogP contribution in [0.4, 0.5) is 0 Å². The van der Waals surface area contributed by atoms with Crippen molar-refractivity contribution in [1.82, 2.24) is 4.57 Å². The van der Waals surface area contributed by atoms with Crippen molar-refractivity contribution in [1.29, 1.82) is 0 Å². The molecule has 1 heteroatoms. The second-order valence-electron chi connectivity index (χ2n) is 3.82. The van der Waals surface area contributed by atoms with Gasteiger partial charge in [-0.15, -0.1) is 0 Å². The summed E-state index contributed by atoms with van der Waals surface area (Å²) < 4.78 is 2.30.